The molecule has 0 unspecified atom stereocenters. The summed E-state index contributed by atoms with van der Waals surface area (Å²) < 4.78 is 0. The van der Waals surface area contributed by atoms with E-state index in [0.717, 1.165) is 24.2 Å². The first-order valence-electron chi connectivity index (χ1n) is 8.22. The number of pyridine rings is 2. The van der Waals surface area contributed by atoms with Crippen LogP contribution in [0.4, 0.5) is 5.69 Å². The molecule has 3 rings (SSSR count). The molecule has 0 bridgehead atoms. The molecular weight excluding hydrogens is 312 g/mol. The fourth-order valence-electron chi connectivity index (χ4n) is 2.40. The van der Waals surface area contributed by atoms with Crippen LogP contribution in [0.5, 0.6) is 0 Å². The Labute approximate surface area is 147 Å². The van der Waals surface area contributed by atoms with Crippen molar-refractivity contribution < 1.29 is 4.79 Å². The standard InChI is InChI=1S/C20H20N4O/c25-20(24-14-17-8-11-21-12-9-17)19-7-6-18(15-23-19)22-13-10-16-4-2-1-3-5-16/h1-9,11-12,15,22H,10,13-14H2,(H,24,25). The lowest BCUT2D eigenvalue weighted by Crippen LogP contribution is -2.23. The number of nitrogens with zero attached hydrogens (tertiary/aromatic N) is 2. The summed E-state index contributed by atoms with van der Waals surface area (Å²) in [5.41, 5.74) is 3.60. The number of carbonyl (C=O) groups is 1. The van der Waals surface area contributed by atoms with Crippen LogP contribution >= 0.6 is 0 Å². The van der Waals surface area contributed by atoms with E-state index in [1.165, 1.54) is 5.56 Å². The van der Waals surface area contributed by atoms with Crippen molar-refractivity contribution in [2.24, 2.45) is 0 Å². The number of benzene rings is 1. The van der Waals surface area contributed by atoms with Gasteiger partial charge in [0.05, 0.1) is 11.9 Å². The van der Waals surface area contributed by atoms with Crippen LogP contribution < -0.4 is 10.6 Å². The number of aromatic nitrogens is 2. The van der Waals surface area contributed by atoms with E-state index in [0.29, 0.717) is 12.2 Å². The van der Waals surface area contributed by atoms with Crippen molar-refractivity contribution in [1.82, 2.24) is 15.3 Å². The second-order valence-corrected chi connectivity index (χ2v) is 5.63. The van der Waals surface area contributed by atoms with Gasteiger partial charge in [0.2, 0.25) is 0 Å². The zero-order valence-electron chi connectivity index (χ0n) is 13.9. The summed E-state index contributed by atoms with van der Waals surface area (Å²) in [6.07, 6.45) is 6.03. The summed E-state index contributed by atoms with van der Waals surface area (Å²) in [5, 5.41) is 6.17. The van der Waals surface area contributed by atoms with E-state index in [1.54, 1.807) is 24.7 Å². The number of anilines is 1. The number of hydrogen-bond acceptors (Lipinski definition) is 4. The van der Waals surface area contributed by atoms with E-state index in [2.05, 4.69) is 32.7 Å². The quantitative estimate of drug-likeness (QED) is 0.698. The van der Waals surface area contributed by atoms with E-state index < -0.39 is 0 Å². The van der Waals surface area contributed by atoms with Gasteiger partial charge in [0.1, 0.15) is 5.69 Å². The average molecular weight is 332 g/mol. The molecule has 0 fully saturated rings. The van der Waals surface area contributed by atoms with Crippen molar-refractivity contribution in [3.8, 4) is 0 Å². The summed E-state index contributed by atoms with van der Waals surface area (Å²) in [5.74, 6) is -0.187. The zero-order chi connectivity index (χ0) is 17.3. The Morgan fingerprint density at radius 2 is 1.72 bits per heavy atom. The highest BCUT2D eigenvalue weighted by Crippen LogP contribution is 2.07. The first kappa shape index (κ1) is 16.6. The zero-order valence-corrected chi connectivity index (χ0v) is 13.9. The fourth-order valence-corrected chi connectivity index (χ4v) is 2.40. The number of nitrogens with one attached hydrogen (secondary N) is 2. The minimum atomic E-state index is -0.187. The summed E-state index contributed by atoms with van der Waals surface area (Å²) in [7, 11) is 0. The molecule has 0 saturated carbocycles. The minimum absolute atomic E-state index is 0.187. The van der Waals surface area contributed by atoms with Gasteiger partial charge in [0.15, 0.2) is 0 Å². The molecule has 25 heavy (non-hydrogen) atoms. The molecule has 0 aliphatic heterocycles. The topological polar surface area (TPSA) is 66.9 Å². The van der Waals surface area contributed by atoms with Crippen molar-refractivity contribution in [3.05, 3.63) is 90.0 Å². The van der Waals surface area contributed by atoms with Crippen molar-refractivity contribution in [3.63, 3.8) is 0 Å². The number of carbonyl (C=O) groups excluding carboxylic acids is 1. The van der Waals surface area contributed by atoms with E-state index in [9.17, 15) is 4.79 Å². The number of rotatable bonds is 7. The van der Waals surface area contributed by atoms with E-state index in [4.69, 9.17) is 0 Å². The molecule has 1 amide bonds. The minimum Gasteiger partial charge on any atom is -0.383 e. The van der Waals surface area contributed by atoms with Crippen LogP contribution in [-0.2, 0) is 13.0 Å². The van der Waals surface area contributed by atoms with E-state index in [-0.39, 0.29) is 5.91 Å². The third kappa shape index (κ3) is 5.14. The Morgan fingerprint density at radius 1 is 0.920 bits per heavy atom. The normalized spacial score (nSPS) is 10.2. The van der Waals surface area contributed by atoms with Crippen LogP contribution in [0.3, 0.4) is 0 Å². The van der Waals surface area contributed by atoms with Gasteiger partial charge in [-0.15, -0.1) is 0 Å². The second kappa shape index (κ2) is 8.59. The Morgan fingerprint density at radius 3 is 2.44 bits per heavy atom. The number of hydrogen-bond donors (Lipinski definition) is 2. The number of amides is 1. The lowest BCUT2D eigenvalue weighted by atomic mass is 10.1. The van der Waals surface area contributed by atoms with E-state index in [1.807, 2.05) is 36.4 Å². The molecule has 5 heteroatoms. The molecule has 5 nitrogen and oxygen atoms in total. The molecule has 2 N–H and O–H groups in total. The SMILES string of the molecule is O=C(NCc1ccncc1)c1ccc(NCCc2ccccc2)cn1. The molecule has 0 saturated heterocycles. The Balaban J connectivity index is 1.47. The first-order chi connectivity index (χ1) is 12.3. The molecular formula is C20H20N4O. The van der Waals surface area contributed by atoms with Crippen LogP contribution in [-0.4, -0.2) is 22.4 Å². The smallest absolute Gasteiger partial charge is 0.270 e. The first-order valence-corrected chi connectivity index (χ1v) is 8.22. The van der Waals surface area contributed by atoms with Crippen LogP contribution in [0.1, 0.15) is 21.6 Å². The highest BCUT2D eigenvalue weighted by molar-refractivity contribution is 5.92. The Hall–Kier alpha value is -3.21. The Kier molecular flexibility index (Phi) is 5.72. The van der Waals surface area contributed by atoms with Crippen LogP contribution in [0.15, 0.2) is 73.2 Å². The lowest BCUT2D eigenvalue weighted by Gasteiger charge is -2.08. The summed E-state index contributed by atoms with van der Waals surface area (Å²) in [6, 6.07) is 17.6. The third-order valence-electron chi connectivity index (χ3n) is 3.78. The van der Waals surface area contributed by atoms with Gasteiger partial charge in [-0.3, -0.25) is 9.78 Å². The molecule has 2 aromatic heterocycles. The lowest BCUT2D eigenvalue weighted by molar-refractivity contribution is 0.0946. The molecule has 0 aliphatic carbocycles. The van der Waals surface area contributed by atoms with Crippen molar-refractivity contribution in [2.75, 3.05) is 11.9 Å². The van der Waals surface area contributed by atoms with E-state index >= 15 is 0 Å². The van der Waals surface area contributed by atoms with Crippen molar-refractivity contribution >= 4 is 11.6 Å². The highest BCUT2D eigenvalue weighted by atomic mass is 16.1. The largest absolute Gasteiger partial charge is 0.383 e. The monoisotopic (exact) mass is 332 g/mol. The molecule has 0 spiro atoms. The summed E-state index contributed by atoms with van der Waals surface area (Å²) in [4.78, 5) is 20.3. The van der Waals surface area contributed by atoms with Gasteiger partial charge in [-0.2, -0.15) is 0 Å². The molecule has 0 atom stereocenters. The molecule has 2 heterocycles. The highest BCUT2D eigenvalue weighted by Gasteiger charge is 2.06. The summed E-state index contributed by atoms with van der Waals surface area (Å²) in [6.45, 7) is 1.28. The van der Waals surface area contributed by atoms with Gasteiger partial charge in [-0.05, 0) is 41.8 Å². The fraction of sp³-hybridized carbons (Fsp3) is 0.150. The van der Waals surface area contributed by atoms with Gasteiger partial charge < -0.3 is 10.6 Å². The van der Waals surface area contributed by atoms with Gasteiger partial charge in [-0.25, -0.2) is 4.98 Å². The predicted molar refractivity (Wildman–Crippen MR) is 98.3 cm³/mol. The van der Waals surface area contributed by atoms with Gasteiger partial charge in [0.25, 0.3) is 5.91 Å². The predicted octanol–water partition coefficient (Wildman–Crippen LogP) is 3.06. The van der Waals surface area contributed by atoms with Gasteiger partial charge in [-0.1, -0.05) is 30.3 Å². The second-order valence-electron chi connectivity index (χ2n) is 5.63. The maximum Gasteiger partial charge on any atom is 0.270 e. The van der Waals surface area contributed by atoms with Crippen LogP contribution in [0.2, 0.25) is 0 Å². The van der Waals surface area contributed by atoms with Crippen molar-refractivity contribution in [1.29, 1.82) is 0 Å². The third-order valence-corrected chi connectivity index (χ3v) is 3.78. The summed E-state index contributed by atoms with van der Waals surface area (Å²) >= 11 is 0. The molecule has 0 aliphatic rings. The van der Waals surface area contributed by atoms with Crippen LogP contribution in [0.25, 0.3) is 0 Å². The maximum atomic E-state index is 12.1. The average Bonchev–Trinajstić information content (AvgIpc) is 2.68. The van der Waals surface area contributed by atoms with Gasteiger partial charge >= 0.3 is 0 Å². The Bertz CT molecular complexity index is 789. The van der Waals surface area contributed by atoms with Gasteiger partial charge in [0, 0.05) is 25.5 Å². The molecule has 0 radical (unpaired) electrons. The van der Waals surface area contributed by atoms with Crippen LogP contribution in [0, 0.1) is 0 Å². The maximum absolute atomic E-state index is 12.1. The molecule has 3 aromatic rings. The molecule has 126 valence electrons. The van der Waals surface area contributed by atoms with Crippen molar-refractivity contribution in [2.45, 2.75) is 13.0 Å². The molecule has 1 aromatic carbocycles.